The molecule has 2 aromatic rings. The molecule has 0 amide bonds. The van der Waals surface area contributed by atoms with Gasteiger partial charge in [-0.15, -0.1) is 0 Å². The third-order valence-corrected chi connectivity index (χ3v) is 4.94. The standard InChI is InChI=1S/C17H21NO2S/c1-12-4-9-16(13(2)10-12)17(18)11-21(19)15-7-5-14(20-3)6-8-15/h4-10,17H,11,18H2,1-3H3. The van der Waals surface area contributed by atoms with Gasteiger partial charge in [0.1, 0.15) is 5.75 Å². The summed E-state index contributed by atoms with van der Waals surface area (Å²) in [4.78, 5) is 0.774. The molecule has 0 aliphatic carbocycles. The maximum Gasteiger partial charge on any atom is 0.118 e. The van der Waals surface area contributed by atoms with Crippen LogP contribution in [0.25, 0.3) is 0 Å². The van der Waals surface area contributed by atoms with Crippen LogP contribution in [0.2, 0.25) is 0 Å². The highest BCUT2D eigenvalue weighted by atomic mass is 32.2. The fourth-order valence-electron chi connectivity index (χ4n) is 2.32. The molecule has 2 atom stereocenters. The molecule has 4 heteroatoms. The van der Waals surface area contributed by atoms with Crippen LogP contribution < -0.4 is 10.5 Å². The lowest BCUT2D eigenvalue weighted by Crippen LogP contribution is -2.19. The molecule has 2 N–H and O–H groups in total. The van der Waals surface area contributed by atoms with Crippen LogP contribution in [0.3, 0.4) is 0 Å². The van der Waals surface area contributed by atoms with E-state index in [2.05, 4.69) is 13.0 Å². The van der Waals surface area contributed by atoms with Gasteiger partial charge in [0.2, 0.25) is 0 Å². The van der Waals surface area contributed by atoms with Gasteiger partial charge in [-0.2, -0.15) is 0 Å². The lowest BCUT2D eigenvalue weighted by Gasteiger charge is -2.15. The van der Waals surface area contributed by atoms with Crippen molar-refractivity contribution in [2.75, 3.05) is 12.9 Å². The monoisotopic (exact) mass is 303 g/mol. The summed E-state index contributed by atoms with van der Waals surface area (Å²) in [5, 5.41) is 0. The van der Waals surface area contributed by atoms with Crippen molar-refractivity contribution in [2.45, 2.75) is 24.8 Å². The van der Waals surface area contributed by atoms with E-state index in [9.17, 15) is 4.21 Å². The minimum Gasteiger partial charge on any atom is -0.497 e. The first-order valence-corrected chi connectivity index (χ1v) is 8.18. The Morgan fingerprint density at radius 3 is 2.38 bits per heavy atom. The molecule has 0 radical (unpaired) electrons. The maximum absolute atomic E-state index is 12.4. The lowest BCUT2D eigenvalue weighted by atomic mass is 10.0. The molecule has 2 unspecified atom stereocenters. The molecule has 0 aliphatic rings. The van der Waals surface area contributed by atoms with Crippen molar-refractivity contribution in [1.29, 1.82) is 0 Å². The van der Waals surface area contributed by atoms with E-state index in [4.69, 9.17) is 10.5 Å². The van der Waals surface area contributed by atoms with Crippen molar-refractivity contribution in [2.24, 2.45) is 5.73 Å². The Labute approximate surface area is 128 Å². The Morgan fingerprint density at radius 1 is 1.14 bits per heavy atom. The predicted molar refractivity (Wildman–Crippen MR) is 87.1 cm³/mol. The van der Waals surface area contributed by atoms with Crippen LogP contribution in [-0.4, -0.2) is 17.1 Å². The molecule has 0 saturated heterocycles. The van der Waals surface area contributed by atoms with Gasteiger partial charge in [0.15, 0.2) is 0 Å². The van der Waals surface area contributed by atoms with Gasteiger partial charge in [-0.1, -0.05) is 23.8 Å². The summed E-state index contributed by atoms with van der Waals surface area (Å²) in [6.45, 7) is 4.09. The predicted octanol–water partition coefficient (Wildman–Crippen LogP) is 3.12. The summed E-state index contributed by atoms with van der Waals surface area (Å²) in [7, 11) is 0.495. The number of ether oxygens (including phenoxy) is 1. The van der Waals surface area contributed by atoms with E-state index in [0.29, 0.717) is 5.75 Å². The zero-order chi connectivity index (χ0) is 15.4. The van der Waals surface area contributed by atoms with Crippen LogP contribution in [0.4, 0.5) is 0 Å². The van der Waals surface area contributed by atoms with E-state index in [1.807, 2.05) is 43.3 Å². The normalized spacial score (nSPS) is 13.7. The molecule has 0 spiro atoms. The third kappa shape index (κ3) is 3.93. The number of rotatable bonds is 5. The number of aryl methyl sites for hydroxylation is 2. The van der Waals surface area contributed by atoms with Crippen LogP contribution in [0.1, 0.15) is 22.7 Å². The Hall–Kier alpha value is -1.65. The second kappa shape index (κ2) is 6.87. The van der Waals surface area contributed by atoms with Gasteiger partial charge in [0, 0.05) is 16.7 Å². The van der Waals surface area contributed by atoms with Crippen LogP contribution in [0, 0.1) is 13.8 Å². The average Bonchev–Trinajstić information content (AvgIpc) is 2.47. The first kappa shape index (κ1) is 15.7. The number of benzene rings is 2. The number of nitrogens with two attached hydrogens (primary N) is 1. The molecule has 21 heavy (non-hydrogen) atoms. The second-order valence-corrected chi connectivity index (χ2v) is 6.65. The third-order valence-electron chi connectivity index (χ3n) is 3.48. The van der Waals surface area contributed by atoms with Crippen LogP contribution in [0.15, 0.2) is 47.4 Å². The van der Waals surface area contributed by atoms with E-state index in [1.165, 1.54) is 5.56 Å². The maximum atomic E-state index is 12.4. The molecule has 2 rings (SSSR count). The lowest BCUT2D eigenvalue weighted by molar-refractivity contribution is 0.414. The first-order chi connectivity index (χ1) is 10.0. The zero-order valence-corrected chi connectivity index (χ0v) is 13.4. The van der Waals surface area contributed by atoms with Crippen molar-refractivity contribution >= 4 is 10.8 Å². The molecule has 0 bridgehead atoms. The van der Waals surface area contributed by atoms with E-state index >= 15 is 0 Å². The largest absolute Gasteiger partial charge is 0.497 e. The Balaban J connectivity index is 2.10. The molecule has 2 aromatic carbocycles. The first-order valence-electron chi connectivity index (χ1n) is 6.86. The number of methoxy groups -OCH3 is 1. The quantitative estimate of drug-likeness (QED) is 0.923. The van der Waals surface area contributed by atoms with E-state index < -0.39 is 10.8 Å². The molecular weight excluding hydrogens is 282 g/mol. The van der Waals surface area contributed by atoms with E-state index in [0.717, 1.165) is 21.8 Å². The molecule has 3 nitrogen and oxygen atoms in total. The average molecular weight is 303 g/mol. The molecule has 0 heterocycles. The van der Waals surface area contributed by atoms with Crippen LogP contribution in [-0.2, 0) is 10.8 Å². The van der Waals surface area contributed by atoms with Gasteiger partial charge in [0.25, 0.3) is 0 Å². The summed E-state index contributed by atoms with van der Waals surface area (Å²) in [5.41, 5.74) is 9.64. The highest BCUT2D eigenvalue weighted by Gasteiger charge is 2.14. The van der Waals surface area contributed by atoms with Gasteiger partial charge >= 0.3 is 0 Å². The Bertz CT molecular complexity index is 638. The van der Waals surface area contributed by atoms with Gasteiger partial charge < -0.3 is 10.5 Å². The van der Waals surface area contributed by atoms with Crippen LogP contribution >= 0.6 is 0 Å². The highest BCUT2D eigenvalue weighted by molar-refractivity contribution is 7.85. The minimum atomic E-state index is -1.12. The smallest absolute Gasteiger partial charge is 0.118 e. The molecule has 0 aliphatic heterocycles. The molecule has 0 fully saturated rings. The topological polar surface area (TPSA) is 52.3 Å². The van der Waals surface area contributed by atoms with Gasteiger partial charge in [0.05, 0.1) is 17.9 Å². The fraction of sp³-hybridized carbons (Fsp3) is 0.294. The van der Waals surface area contributed by atoms with E-state index in [1.54, 1.807) is 7.11 Å². The molecular formula is C17H21NO2S. The van der Waals surface area contributed by atoms with Crippen molar-refractivity contribution in [1.82, 2.24) is 0 Å². The highest BCUT2D eigenvalue weighted by Crippen LogP contribution is 2.21. The van der Waals surface area contributed by atoms with Gasteiger partial charge in [-0.05, 0) is 49.2 Å². The second-order valence-electron chi connectivity index (χ2n) is 5.15. The van der Waals surface area contributed by atoms with Crippen molar-refractivity contribution in [3.63, 3.8) is 0 Å². The molecule has 0 saturated carbocycles. The van der Waals surface area contributed by atoms with E-state index in [-0.39, 0.29) is 6.04 Å². The summed E-state index contributed by atoms with van der Waals surface area (Å²) in [5.74, 6) is 1.17. The fourth-order valence-corrected chi connectivity index (χ4v) is 3.46. The number of hydrogen-bond donors (Lipinski definition) is 1. The Kier molecular flexibility index (Phi) is 5.15. The summed E-state index contributed by atoms with van der Waals surface area (Å²) < 4.78 is 17.5. The van der Waals surface area contributed by atoms with Crippen molar-refractivity contribution in [3.05, 3.63) is 59.2 Å². The SMILES string of the molecule is COc1ccc(S(=O)CC(N)c2ccc(C)cc2C)cc1. The summed E-state index contributed by atoms with van der Waals surface area (Å²) in [6.07, 6.45) is 0. The molecule has 112 valence electrons. The van der Waals surface area contributed by atoms with Gasteiger partial charge in [-0.3, -0.25) is 4.21 Å². The van der Waals surface area contributed by atoms with Gasteiger partial charge in [-0.25, -0.2) is 0 Å². The van der Waals surface area contributed by atoms with Crippen molar-refractivity contribution in [3.8, 4) is 5.75 Å². The molecule has 0 aromatic heterocycles. The summed E-state index contributed by atoms with van der Waals surface area (Å²) >= 11 is 0. The number of hydrogen-bond acceptors (Lipinski definition) is 3. The zero-order valence-electron chi connectivity index (χ0n) is 12.6. The Morgan fingerprint density at radius 2 is 1.81 bits per heavy atom. The minimum absolute atomic E-state index is 0.228. The van der Waals surface area contributed by atoms with Crippen LogP contribution in [0.5, 0.6) is 5.75 Å². The van der Waals surface area contributed by atoms with Crippen molar-refractivity contribution < 1.29 is 8.95 Å². The summed E-state index contributed by atoms with van der Waals surface area (Å²) in [6, 6.07) is 13.2.